The lowest BCUT2D eigenvalue weighted by Gasteiger charge is -2.19. The molecule has 0 aliphatic carbocycles. The molecule has 6 nitrogen and oxygen atoms in total. The number of carbonyl (C=O) groups excluding carboxylic acids is 1. The lowest BCUT2D eigenvalue weighted by molar-refractivity contribution is 0.0600. The van der Waals surface area contributed by atoms with E-state index in [9.17, 15) is 13.2 Å². The van der Waals surface area contributed by atoms with Gasteiger partial charge in [-0.05, 0) is 31.5 Å². The topological polar surface area (TPSA) is 98.5 Å². The molecule has 1 rings (SSSR count). The molecule has 0 aliphatic rings. The number of methoxy groups -OCH3 is 1. The summed E-state index contributed by atoms with van der Waals surface area (Å²) in [6.45, 7) is 3.60. The first-order valence-corrected chi connectivity index (χ1v) is 7.72. The number of hydrogen-bond donors (Lipinski definition) is 2. The molecule has 0 heterocycles. The van der Waals surface area contributed by atoms with Crippen LogP contribution in [0, 0.1) is 0 Å². The maximum Gasteiger partial charge on any atom is 0.337 e. The molecule has 0 aromatic heterocycles. The Balaban J connectivity index is 2.80. The van der Waals surface area contributed by atoms with Crippen LogP contribution in [-0.2, 0) is 20.5 Å². The molecule has 0 radical (unpaired) electrons. The zero-order valence-electron chi connectivity index (χ0n) is 11.8. The molecule has 0 fully saturated rings. The molecule has 20 heavy (non-hydrogen) atoms. The number of nitrogens with two attached hydrogens (primary N) is 1. The maximum absolute atomic E-state index is 11.9. The second-order valence-electron chi connectivity index (χ2n) is 5.26. The van der Waals surface area contributed by atoms with Gasteiger partial charge in [0.2, 0.25) is 10.0 Å². The van der Waals surface area contributed by atoms with Crippen LogP contribution in [-0.4, -0.2) is 33.6 Å². The monoisotopic (exact) mass is 300 g/mol. The van der Waals surface area contributed by atoms with Gasteiger partial charge >= 0.3 is 5.97 Å². The van der Waals surface area contributed by atoms with Crippen molar-refractivity contribution in [1.82, 2.24) is 4.72 Å². The van der Waals surface area contributed by atoms with Gasteiger partial charge in [-0.1, -0.05) is 12.1 Å². The molecule has 0 amide bonds. The molecule has 112 valence electrons. The van der Waals surface area contributed by atoms with Gasteiger partial charge < -0.3 is 10.5 Å². The van der Waals surface area contributed by atoms with E-state index in [0.29, 0.717) is 11.1 Å². The molecule has 0 bridgehead atoms. The van der Waals surface area contributed by atoms with E-state index in [4.69, 9.17) is 5.73 Å². The summed E-state index contributed by atoms with van der Waals surface area (Å²) >= 11 is 0. The third-order valence-corrected chi connectivity index (χ3v) is 3.75. The standard InChI is InChI=1S/C13H20N2O4S/c1-13(2,14)9-15-20(17,18)8-10-5-4-6-11(7-10)12(16)19-3/h4-7,15H,8-9,14H2,1-3H3. The Morgan fingerprint density at radius 1 is 1.40 bits per heavy atom. The van der Waals surface area contributed by atoms with Gasteiger partial charge in [-0.3, -0.25) is 0 Å². The molecule has 1 aromatic carbocycles. The molecule has 7 heteroatoms. The smallest absolute Gasteiger partial charge is 0.337 e. The summed E-state index contributed by atoms with van der Waals surface area (Å²) in [4.78, 5) is 11.4. The first-order valence-electron chi connectivity index (χ1n) is 6.06. The van der Waals surface area contributed by atoms with Gasteiger partial charge in [-0.15, -0.1) is 0 Å². The molecule has 0 unspecified atom stereocenters. The van der Waals surface area contributed by atoms with E-state index < -0.39 is 21.5 Å². The highest BCUT2D eigenvalue weighted by Gasteiger charge is 2.17. The number of benzene rings is 1. The van der Waals surface area contributed by atoms with Crippen molar-refractivity contribution in [3.05, 3.63) is 35.4 Å². The van der Waals surface area contributed by atoms with Crippen molar-refractivity contribution in [1.29, 1.82) is 0 Å². The van der Waals surface area contributed by atoms with Crippen molar-refractivity contribution < 1.29 is 17.9 Å². The van der Waals surface area contributed by atoms with E-state index in [1.54, 1.807) is 32.0 Å². The van der Waals surface area contributed by atoms with Crippen LogP contribution in [0.25, 0.3) is 0 Å². The van der Waals surface area contributed by atoms with Crippen molar-refractivity contribution in [2.45, 2.75) is 25.1 Å². The van der Waals surface area contributed by atoms with Gasteiger partial charge in [0.15, 0.2) is 0 Å². The Morgan fingerprint density at radius 2 is 2.05 bits per heavy atom. The molecule has 0 spiro atoms. The third kappa shape index (κ3) is 5.68. The fourth-order valence-electron chi connectivity index (χ4n) is 1.47. The van der Waals surface area contributed by atoms with Crippen LogP contribution < -0.4 is 10.5 Å². The van der Waals surface area contributed by atoms with Crippen molar-refractivity contribution in [3.8, 4) is 0 Å². The molecule has 0 atom stereocenters. The highest BCUT2D eigenvalue weighted by atomic mass is 32.2. The Kier molecular flexibility index (Phi) is 5.27. The number of ether oxygens (including phenoxy) is 1. The summed E-state index contributed by atoms with van der Waals surface area (Å²) in [5.41, 5.74) is 5.93. The Morgan fingerprint density at radius 3 is 2.60 bits per heavy atom. The zero-order valence-corrected chi connectivity index (χ0v) is 12.7. The molecule has 0 aliphatic heterocycles. The van der Waals surface area contributed by atoms with E-state index in [1.165, 1.54) is 13.2 Å². The molecular formula is C13H20N2O4S. The van der Waals surface area contributed by atoms with Crippen LogP contribution >= 0.6 is 0 Å². The highest BCUT2D eigenvalue weighted by molar-refractivity contribution is 7.88. The Labute approximate surface area is 119 Å². The van der Waals surface area contributed by atoms with E-state index in [1.807, 2.05) is 0 Å². The van der Waals surface area contributed by atoms with Crippen molar-refractivity contribution in [2.75, 3.05) is 13.7 Å². The lowest BCUT2D eigenvalue weighted by atomic mass is 10.1. The third-order valence-electron chi connectivity index (χ3n) is 2.45. The minimum absolute atomic E-state index is 0.145. The number of nitrogens with one attached hydrogen (secondary N) is 1. The van der Waals surface area contributed by atoms with Crippen LogP contribution in [0.3, 0.4) is 0 Å². The molecule has 3 N–H and O–H groups in total. The summed E-state index contributed by atoms with van der Waals surface area (Å²) in [6.07, 6.45) is 0. The number of rotatable bonds is 6. The molecule has 1 aromatic rings. The number of carbonyl (C=O) groups is 1. The van der Waals surface area contributed by atoms with E-state index in [2.05, 4.69) is 9.46 Å². The highest BCUT2D eigenvalue weighted by Crippen LogP contribution is 2.10. The van der Waals surface area contributed by atoms with Gasteiger partial charge in [0.1, 0.15) is 0 Å². The first kappa shape index (κ1) is 16.6. The first-order chi connectivity index (χ1) is 9.13. The van der Waals surface area contributed by atoms with Gasteiger partial charge in [0.25, 0.3) is 0 Å². The summed E-state index contributed by atoms with van der Waals surface area (Å²) in [5, 5.41) is 0. The summed E-state index contributed by atoms with van der Waals surface area (Å²) in [6, 6.07) is 6.32. The fourth-order valence-corrected chi connectivity index (χ4v) is 2.78. The van der Waals surface area contributed by atoms with E-state index >= 15 is 0 Å². The van der Waals surface area contributed by atoms with Crippen molar-refractivity contribution in [3.63, 3.8) is 0 Å². The quantitative estimate of drug-likeness (QED) is 0.751. The average Bonchev–Trinajstić information content (AvgIpc) is 2.35. The van der Waals surface area contributed by atoms with Crippen molar-refractivity contribution >= 4 is 16.0 Å². The largest absolute Gasteiger partial charge is 0.465 e. The minimum Gasteiger partial charge on any atom is -0.465 e. The van der Waals surface area contributed by atoms with Crippen LogP contribution in [0.1, 0.15) is 29.8 Å². The van der Waals surface area contributed by atoms with Gasteiger partial charge in [-0.2, -0.15) is 0 Å². The zero-order chi connectivity index (χ0) is 15.4. The van der Waals surface area contributed by atoms with Crippen LogP contribution in [0.2, 0.25) is 0 Å². The summed E-state index contributed by atoms with van der Waals surface area (Å²) < 4.78 is 30.9. The minimum atomic E-state index is -3.50. The SMILES string of the molecule is COC(=O)c1cccc(CS(=O)(=O)NCC(C)(C)N)c1. The fraction of sp³-hybridized carbons (Fsp3) is 0.462. The number of esters is 1. The molecular weight excluding hydrogens is 280 g/mol. The maximum atomic E-state index is 11.9. The van der Waals surface area contributed by atoms with Crippen LogP contribution in [0.5, 0.6) is 0 Å². The average molecular weight is 300 g/mol. The van der Waals surface area contributed by atoms with Gasteiger partial charge in [0.05, 0.1) is 18.4 Å². The predicted molar refractivity (Wildman–Crippen MR) is 76.7 cm³/mol. The molecule has 0 saturated heterocycles. The summed E-state index contributed by atoms with van der Waals surface area (Å²) in [5.74, 6) is -0.714. The Hall–Kier alpha value is -1.44. The normalized spacial score (nSPS) is 12.2. The second kappa shape index (κ2) is 6.34. The predicted octanol–water partition coefficient (Wildman–Crippen LogP) is 0.630. The van der Waals surface area contributed by atoms with Crippen molar-refractivity contribution in [2.24, 2.45) is 5.73 Å². The Bertz CT molecular complexity index is 576. The second-order valence-corrected chi connectivity index (χ2v) is 7.07. The lowest BCUT2D eigenvalue weighted by Crippen LogP contribution is -2.45. The van der Waals surface area contributed by atoms with E-state index in [0.717, 1.165) is 0 Å². The van der Waals surface area contributed by atoms with Gasteiger partial charge in [-0.25, -0.2) is 17.9 Å². The van der Waals surface area contributed by atoms with Crippen LogP contribution in [0.15, 0.2) is 24.3 Å². The number of sulfonamides is 1. The van der Waals surface area contributed by atoms with Crippen LogP contribution in [0.4, 0.5) is 0 Å². The van der Waals surface area contributed by atoms with E-state index in [-0.39, 0.29) is 12.3 Å². The molecule has 0 saturated carbocycles. The number of hydrogen-bond acceptors (Lipinski definition) is 5. The van der Waals surface area contributed by atoms with Gasteiger partial charge in [0, 0.05) is 12.1 Å². The summed E-state index contributed by atoms with van der Waals surface area (Å²) in [7, 11) is -2.22.